The number of hydrogen-bond donors (Lipinski definition) is 1. The van der Waals surface area contributed by atoms with E-state index in [1.807, 2.05) is 12.4 Å². The van der Waals surface area contributed by atoms with Crippen molar-refractivity contribution in [2.75, 3.05) is 13.2 Å². The van der Waals surface area contributed by atoms with Gasteiger partial charge in [0, 0.05) is 32.1 Å². The van der Waals surface area contributed by atoms with Crippen molar-refractivity contribution >= 4 is 0 Å². The molecule has 3 heteroatoms. The third-order valence-corrected chi connectivity index (χ3v) is 3.62. The van der Waals surface area contributed by atoms with E-state index in [4.69, 9.17) is 4.74 Å². The smallest absolute Gasteiger partial charge is 0.0613 e. The standard InChI is InChI=1S/C14H22N2O/c1-3-14-12(5-7-17-14)8-16-10-13-9-15-6-4-11(13)2/h4,6,9,12,14,16H,3,5,7-8,10H2,1-2H3. The molecule has 0 aromatic carbocycles. The van der Waals surface area contributed by atoms with E-state index in [0.29, 0.717) is 12.0 Å². The SMILES string of the molecule is CCC1OCCC1CNCc1cnccc1C. The van der Waals surface area contributed by atoms with E-state index in [1.165, 1.54) is 17.5 Å². The molecule has 17 heavy (non-hydrogen) atoms. The zero-order valence-corrected chi connectivity index (χ0v) is 10.8. The molecule has 1 fully saturated rings. The molecule has 1 aliphatic rings. The Balaban J connectivity index is 1.78. The Morgan fingerprint density at radius 1 is 1.53 bits per heavy atom. The number of aryl methyl sites for hydroxylation is 1. The van der Waals surface area contributed by atoms with Gasteiger partial charge in [-0.1, -0.05) is 6.92 Å². The molecule has 2 heterocycles. The lowest BCUT2D eigenvalue weighted by atomic mass is 9.99. The molecule has 1 saturated heterocycles. The Hall–Kier alpha value is -0.930. The molecule has 1 aromatic heterocycles. The second-order valence-corrected chi connectivity index (χ2v) is 4.80. The van der Waals surface area contributed by atoms with Crippen molar-refractivity contribution in [1.29, 1.82) is 0 Å². The largest absolute Gasteiger partial charge is 0.378 e. The number of hydrogen-bond acceptors (Lipinski definition) is 3. The summed E-state index contributed by atoms with van der Waals surface area (Å²) in [5.41, 5.74) is 2.60. The summed E-state index contributed by atoms with van der Waals surface area (Å²) in [6.07, 6.45) is 6.56. The minimum Gasteiger partial charge on any atom is -0.378 e. The number of pyridine rings is 1. The predicted molar refractivity (Wildman–Crippen MR) is 68.8 cm³/mol. The number of ether oxygens (including phenoxy) is 1. The summed E-state index contributed by atoms with van der Waals surface area (Å²) < 4.78 is 5.69. The maximum Gasteiger partial charge on any atom is 0.0613 e. The van der Waals surface area contributed by atoms with E-state index < -0.39 is 0 Å². The monoisotopic (exact) mass is 234 g/mol. The zero-order chi connectivity index (χ0) is 12.1. The first-order valence-corrected chi connectivity index (χ1v) is 6.53. The highest BCUT2D eigenvalue weighted by Crippen LogP contribution is 2.22. The van der Waals surface area contributed by atoms with Gasteiger partial charge in [0.1, 0.15) is 0 Å². The molecule has 1 N–H and O–H groups in total. The molecule has 3 nitrogen and oxygen atoms in total. The van der Waals surface area contributed by atoms with Crippen molar-refractivity contribution in [3.05, 3.63) is 29.6 Å². The first-order chi connectivity index (χ1) is 8.31. The first-order valence-electron chi connectivity index (χ1n) is 6.53. The predicted octanol–water partition coefficient (Wildman–Crippen LogP) is 2.29. The maximum atomic E-state index is 5.69. The minimum atomic E-state index is 0.456. The van der Waals surface area contributed by atoms with Crippen LogP contribution < -0.4 is 5.32 Å². The third kappa shape index (κ3) is 3.27. The fraction of sp³-hybridized carbons (Fsp3) is 0.643. The van der Waals surface area contributed by atoms with Crippen molar-refractivity contribution in [2.45, 2.75) is 39.3 Å². The lowest BCUT2D eigenvalue weighted by Crippen LogP contribution is -2.28. The Labute approximate surface area is 104 Å². The number of nitrogens with zero attached hydrogens (tertiary/aromatic N) is 1. The Morgan fingerprint density at radius 2 is 2.41 bits per heavy atom. The maximum absolute atomic E-state index is 5.69. The number of aromatic nitrogens is 1. The van der Waals surface area contributed by atoms with Crippen LogP contribution in [0.3, 0.4) is 0 Å². The van der Waals surface area contributed by atoms with Crippen LogP contribution in [0.4, 0.5) is 0 Å². The van der Waals surface area contributed by atoms with Crippen LogP contribution in [0.25, 0.3) is 0 Å². The van der Waals surface area contributed by atoms with Gasteiger partial charge in [0.05, 0.1) is 6.10 Å². The van der Waals surface area contributed by atoms with Crippen LogP contribution in [0.1, 0.15) is 30.9 Å². The molecule has 0 bridgehead atoms. The fourth-order valence-electron chi connectivity index (χ4n) is 2.45. The highest BCUT2D eigenvalue weighted by molar-refractivity contribution is 5.20. The number of nitrogens with one attached hydrogen (secondary N) is 1. The van der Waals surface area contributed by atoms with Crippen molar-refractivity contribution in [3.63, 3.8) is 0 Å². The average molecular weight is 234 g/mol. The van der Waals surface area contributed by atoms with Gasteiger partial charge in [-0.15, -0.1) is 0 Å². The number of rotatable bonds is 5. The molecule has 1 aromatic rings. The van der Waals surface area contributed by atoms with Gasteiger partial charge in [0.15, 0.2) is 0 Å². The summed E-state index contributed by atoms with van der Waals surface area (Å²) in [6.45, 7) is 7.22. The van der Waals surface area contributed by atoms with Gasteiger partial charge in [-0.25, -0.2) is 0 Å². The molecular weight excluding hydrogens is 212 g/mol. The molecule has 0 saturated carbocycles. The van der Waals surface area contributed by atoms with Crippen molar-refractivity contribution < 1.29 is 4.74 Å². The lowest BCUT2D eigenvalue weighted by molar-refractivity contribution is 0.0872. The van der Waals surface area contributed by atoms with Crippen LogP contribution >= 0.6 is 0 Å². The molecule has 2 rings (SSSR count). The van der Waals surface area contributed by atoms with Crippen molar-refractivity contribution in [3.8, 4) is 0 Å². The zero-order valence-electron chi connectivity index (χ0n) is 10.8. The second kappa shape index (κ2) is 6.12. The molecule has 0 radical (unpaired) electrons. The van der Waals surface area contributed by atoms with E-state index in [9.17, 15) is 0 Å². The van der Waals surface area contributed by atoms with Crippen LogP contribution in [0.2, 0.25) is 0 Å². The summed E-state index contributed by atoms with van der Waals surface area (Å²) >= 11 is 0. The molecule has 2 unspecified atom stereocenters. The van der Waals surface area contributed by atoms with Gasteiger partial charge in [-0.3, -0.25) is 4.98 Å². The van der Waals surface area contributed by atoms with Crippen molar-refractivity contribution in [2.24, 2.45) is 5.92 Å². The van der Waals surface area contributed by atoms with E-state index in [2.05, 4.69) is 30.2 Å². The van der Waals surface area contributed by atoms with Gasteiger partial charge in [0.25, 0.3) is 0 Å². The highest BCUT2D eigenvalue weighted by Gasteiger charge is 2.25. The summed E-state index contributed by atoms with van der Waals surface area (Å²) in [4.78, 5) is 4.16. The molecule has 0 spiro atoms. The summed E-state index contributed by atoms with van der Waals surface area (Å²) in [6, 6.07) is 2.06. The van der Waals surface area contributed by atoms with E-state index in [-0.39, 0.29) is 0 Å². The van der Waals surface area contributed by atoms with E-state index in [1.54, 1.807) is 0 Å². The molecule has 2 atom stereocenters. The first kappa shape index (κ1) is 12.5. The quantitative estimate of drug-likeness (QED) is 0.849. The lowest BCUT2D eigenvalue weighted by Gasteiger charge is -2.17. The van der Waals surface area contributed by atoms with Crippen LogP contribution in [-0.2, 0) is 11.3 Å². The highest BCUT2D eigenvalue weighted by atomic mass is 16.5. The van der Waals surface area contributed by atoms with Crippen LogP contribution in [0.15, 0.2) is 18.5 Å². The Bertz CT molecular complexity index is 354. The van der Waals surface area contributed by atoms with E-state index in [0.717, 1.165) is 26.1 Å². The normalized spacial score (nSPS) is 24.1. The molecule has 1 aliphatic heterocycles. The van der Waals surface area contributed by atoms with Gasteiger partial charge in [-0.05, 0) is 42.9 Å². The topological polar surface area (TPSA) is 34.1 Å². The third-order valence-electron chi connectivity index (χ3n) is 3.62. The summed E-state index contributed by atoms with van der Waals surface area (Å²) in [5, 5.41) is 3.53. The molecular formula is C14H22N2O. The van der Waals surface area contributed by atoms with Crippen LogP contribution in [-0.4, -0.2) is 24.2 Å². The van der Waals surface area contributed by atoms with Crippen molar-refractivity contribution in [1.82, 2.24) is 10.3 Å². The van der Waals surface area contributed by atoms with Crippen LogP contribution in [0.5, 0.6) is 0 Å². The molecule has 94 valence electrons. The second-order valence-electron chi connectivity index (χ2n) is 4.80. The van der Waals surface area contributed by atoms with Gasteiger partial charge in [0.2, 0.25) is 0 Å². The Kier molecular flexibility index (Phi) is 4.51. The summed E-state index contributed by atoms with van der Waals surface area (Å²) in [5.74, 6) is 0.678. The van der Waals surface area contributed by atoms with Gasteiger partial charge < -0.3 is 10.1 Å². The fourth-order valence-corrected chi connectivity index (χ4v) is 2.45. The van der Waals surface area contributed by atoms with E-state index >= 15 is 0 Å². The van der Waals surface area contributed by atoms with Gasteiger partial charge in [-0.2, -0.15) is 0 Å². The van der Waals surface area contributed by atoms with Gasteiger partial charge >= 0.3 is 0 Å². The Morgan fingerprint density at radius 3 is 3.18 bits per heavy atom. The molecule has 0 amide bonds. The molecule has 0 aliphatic carbocycles. The minimum absolute atomic E-state index is 0.456. The van der Waals surface area contributed by atoms with Crippen LogP contribution in [0, 0.1) is 12.8 Å². The average Bonchev–Trinajstić information content (AvgIpc) is 2.79. The summed E-state index contributed by atoms with van der Waals surface area (Å²) in [7, 11) is 0.